The molecule has 2 unspecified atom stereocenters. The topological polar surface area (TPSA) is 81.7 Å². The second-order valence-corrected chi connectivity index (χ2v) is 4.14. The van der Waals surface area contributed by atoms with E-state index in [9.17, 15) is 14.4 Å². The van der Waals surface area contributed by atoms with E-state index < -0.39 is 30.0 Å². The second kappa shape index (κ2) is 7.28. The summed E-state index contributed by atoms with van der Waals surface area (Å²) in [6.07, 6.45) is -0.940. The monoisotopic (exact) mass is 279 g/mol. The summed E-state index contributed by atoms with van der Waals surface area (Å²) in [5, 5.41) is 2.44. The third kappa shape index (κ3) is 4.38. The number of methoxy groups -OCH3 is 1. The molecule has 0 aliphatic rings. The molecule has 0 radical (unpaired) electrons. The molecule has 0 aromatic heterocycles. The maximum absolute atomic E-state index is 11.8. The summed E-state index contributed by atoms with van der Waals surface area (Å²) < 4.78 is 9.82. The van der Waals surface area contributed by atoms with E-state index in [0.29, 0.717) is 5.56 Å². The number of rotatable bonds is 5. The molecule has 108 valence electrons. The number of carbonyl (C=O) groups is 3. The summed E-state index contributed by atoms with van der Waals surface area (Å²) in [7, 11) is 1.20. The standard InChI is InChI=1S/C14H17NO5/c1-9(16)15-12(14(18)19-3)13(20-10(2)17)11-7-5-4-6-8-11/h4-8,12-13H,1-3H3,(H,15,16). The number of amides is 1. The lowest BCUT2D eigenvalue weighted by Gasteiger charge is -2.25. The van der Waals surface area contributed by atoms with Gasteiger partial charge in [-0.25, -0.2) is 4.79 Å². The molecule has 0 aliphatic heterocycles. The highest BCUT2D eigenvalue weighted by molar-refractivity contribution is 5.84. The van der Waals surface area contributed by atoms with Gasteiger partial charge in [0.25, 0.3) is 0 Å². The zero-order valence-electron chi connectivity index (χ0n) is 11.6. The Morgan fingerprint density at radius 1 is 1.10 bits per heavy atom. The van der Waals surface area contributed by atoms with Crippen molar-refractivity contribution >= 4 is 17.8 Å². The van der Waals surface area contributed by atoms with Crippen molar-refractivity contribution in [2.24, 2.45) is 0 Å². The number of benzene rings is 1. The average Bonchev–Trinajstić information content (AvgIpc) is 2.42. The van der Waals surface area contributed by atoms with Crippen LogP contribution < -0.4 is 5.32 Å². The molecule has 1 aromatic carbocycles. The number of hydrogen-bond acceptors (Lipinski definition) is 5. The van der Waals surface area contributed by atoms with Gasteiger partial charge in [0.2, 0.25) is 5.91 Å². The van der Waals surface area contributed by atoms with Gasteiger partial charge < -0.3 is 14.8 Å². The number of nitrogens with one attached hydrogen (secondary N) is 1. The Morgan fingerprint density at radius 3 is 2.15 bits per heavy atom. The van der Waals surface area contributed by atoms with Crippen molar-refractivity contribution in [3.8, 4) is 0 Å². The predicted molar refractivity (Wildman–Crippen MR) is 70.6 cm³/mol. The van der Waals surface area contributed by atoms with Gasteiger partial charge in [-0.2, -0.15) is 0 Å². The van der Waals surface area contributed by atoms with E-state index in [1.54, 1.807) is 30.3 Å². The SMILES string of the molecule is COC(=O)C(NC(C)=O)C(OC(C)=O)c1ccccc1. The molecule has 0 saturated carbocycles. The lowest BCUT2D eigenvalue weighted by molar-refractivity contribution is -0.157. The first-order valence-electron chi connectivity index (χ1n) is 6.02. The van der Waals surface area contributed by atoms with Crippen molar-refractivity contribution in [1.29, 1.82) is 0 Å². The molecule has 0 bridgehead atoms. The van der Waals surface area contributed by atoms with Gasteiger partial charge in [-0.3, -0.25) is 9.59 Å². The van der Waals surface area contributed by atoms with Crippen LogP contribution in [0.25, 0.3) is 0 Å². The average molecular weight is 279 g/mol. The zero-order valence-corrected chi connectivity index (χ0v) is 11.6. The van der Waals surface area contributed by atoms with Gasteiger partial charge in [0, 0.05) is 13.8 Å². The molecule has 6 nitrogen and oxygen atoms in total. The van der Waals surface area contributed by atoms with Crippen molar-refractivity contribution in [3.63, 3.8) is 0 Å². The molecule has 1 N–H and O–H groups in total. The minimum atomic E-state index is -1.09. The van der Waals surface area contributed by atoms with E-state index in [0.717, 1.165) is 0 Å². The van der Waals surface area contributed by atoms with Crippen molar-refractivity contribution < 1.29 is 23.9 Å². The summed E-state index contributed by atoms with van der Waals surface area (Å²) in [5.74, 6) is -1.66. The summed E-state index contributed by atoms with van der Waals surface area (Å²) in [6.45, 7) is 2.50. The Hall–Kier alpha value is -2.37. The normalized spacial score (nSPS) is 12.9. The maximum atomic E-state index is 11.8. The van der Waals surface area contributed by atoms with E-state index in [1.807, 2.05) is 0 Å². The number of ether oxygens (including phenoxy) is 2. The molecule has 1 rings (SSSR count). The van der Waals surface area contributed by atoms with Gasteiger partial charge in [-0.15, -0.1) is 0 Å². The molecular weight excluding hydrogens is 262 g/mol. The van der Waals surface area contributed by atoms with E-state index in [4.69, 9.17) is 4.74 Å². The Labute approximate surface area is 117 Å². The predicted octanol–water partition coefficient (Wildman–Crippen LogP) is 0.968. The van der Waals surface area contributed by atoms with Crippen LogP contribution in [0.3, 0.4) is 0 Å². The van der Waals surface area contributed by atoms with Crippen LogP contribution in [0.1, 0.15) is 25.5 Å². The summed E-state index contributed by atoms with van der Waals surface area (Å²) in [5.41, 5.74) is 0.590. The number of hydrogen-bond donors (Lipinski definition) is 1. The van der Waals surface area contributed by atoms with Crippen LogP contribution in [0.15, 0.2) is 30.3 Å². The highest BCUT2D eigenvalue weighted by Gasteiger charge is 2.33. The van der Waals surface area contributed by atoms with Gasteiger partial charge >= 0.3 is 11.9 Å². The van der Waals surface area contributed by atoms with E-state index in [2.05, 4.69) is 10.1 Å². The minimum Gasteiger partial charge on any atom is -0.467 e. The summed E-state index contributed by atoms with van der Waals surface area (Å²) in [4.78, 5) is 34.3. The molecule has 0 heterocycles. The molecule has 2 atom stereocenters. The molecule has 1 amide bonds. The first-order valence-corrected chi connectivity index (χ1v) is 6.02. The van der Waals surface area contributed by atoms with Crippen molar-refractivity contribution in [2.75, 3.05) is 7.11 Å². The van der Waals surface area contributed by atoms with Gasteiger partial charge in [0.05, 0.1) is 7.11 Å². The maximum Gasteiger partial charge on any atom is 0.332 e. The van der Waals surface area contributed by atoms with Crippen LogP contribution >= 0.6 is 0 Å². The van der Waals surface area contributed by atoms with Crippen LogP contribution in [0.2, 0.25) is 0 Å². The van der Waals surface area contributed by atoms with Crippen LogP contribution in [-0.4, -0.2) is 31.0 Å². The third-order valence-electron chi connectivity index (χ3n) is 2.54. The highest BCUT2D eigenvalue weighted by atomic mass is 16.6. The quantitative estimate of drug-likeness (QED) is 0.812. The minimum absolute atomic E-state index is 0.423. The van der Waals surface area contributed by atoms with Crippen LogP contribution in [-0.2, 0) is 23.9 Å². The number of carbonyl (C=O) groups excluding carboxylic acids is 3. The highest BCUT2D eigenvalue weighted by Crippen LogP contribution is 2.22. The molecule has 0 saturated heterocycles. The van der Waals surface area contributed by atoms with E-state index in [1.165, 1.54) is 21.0 Å². The molecule has 20 heavy (non-hydrogen) atoms. The second-order valence-electron chi connectivity index (χ2n) is 4.14. The summed E-state index contributed by atoms with van der Waals surface area (Å²) >= 11 is 0. The zero-order chi connectivity index (χ0) is 15.1. The van der Waals surface area contributed by atoms with Gasteiger partial charge in [-0.05, 0) is 5.56 Å². The van der Waals surface area contributed by atoms with Crippen LogP contribution in [0.5, 0.6) is 0 Å². The fourth-order valence-corrected chi connectivity index (χ4v) is 1.75. The molecule has 6 heteroatoms. The molecule has 0 fully saturated rings. The van der Waals surface area contributed by atoms with Crippen LogP contribution in [0, 0.1) is 0 Å². The van der Waals surface area contributed by atoms with Crippen molar-refractivity contribution in [2.45, 2.75) is 26.0 Å². The van der Waals surface area contributed by atoms with Gasteiger partial charge in [0.15, 0.2) is 12.1 Å². The largest absolute Gasteiger partial charge is 0.467 e. The Kier molecular flexibility index (Phi) is 5.71. The molecule has 0 aliphatic carbocycles. The van der Waals surface area contributed by atoms with Crippen LogP contribution in [0.4, 0.5) is 0 Å². The lowest BCUT2D eigenvalue weighted by Crippen LogP contribution is -2.46. The van der Waals surface area contributed by atoms with Gasteiger partial charge in [0.1, 0.15) is 0 Å². The van der Waals surface area contributed by atoms with Crippen molar-refractivity contribution in [3.05, 3.63) is 35.9 Å². The Bertz CT molecular complexity index is 486. The van der Waals surface area contributed by atoms with Crippen molar-refractivity contribution in [1.82, 2.24) is 5.32 Å². The fourth-order valence-electron chi connectivity index (χ4n) is 1.75. The molecule has 1 aromatic rings. The summed E-state index contributed by atoms with van der Waals surface area (Å²) in [6, 6.07) is 7.59. The molecule has 0 spiro atoms. The smallest absolute Gasteiger partial charge is 0.332 e. The first kappa shape index (κ1) is 15.7. The lowest BCUT2D eigenvalue weighted by atomic mass is 10.0. The molecular formula is C14H17NO5. The first-order chi connectivity index (χ1) is 9.45. The fraction of sp³-hybridized carbons (Fsp3) is 0.357. The van der Waals surface area contributed by atoms with E-state index in [-0.39, 0.29) is 0 Å². The Balaban J connectivity index is 3.13. The Morgan fingerprint density at radius 2 is 1.70 bits per heavy atom. The number of esters is 2. The van der Waals surface area contributed by atoms with Gasteiger partial charge in [-0.1, -0.05) is 30.3 Å². The third-order valence-corrected chi connectivity index (χ3v) is 2.54. The van der Waals surface area contributed by atoms with E-state index >= 15 is 0 Å².